The Kier molecular flexibility index (Phi) is 8.21. The lowest BCUT2D eigenvalue weighted by Gasteiger charge is -2.41. The van der Waals surface area contributed by atoms with Crippen molar-refractivity contribution in [3.05, 3.63) is 174 Å². The van der Waals surface area contributed by atoms with E-state index in [0.29, 0.717) is 6.42 Å². The second kappa shape index (κ2) is 12.1. The van der Waals surface area contributed by atoms with Gasteiger partial charge in [0.1, 0.15) is 5.41 Å². The molecule has 40 heavy (non-hydrogen) atoms. The van der Waals surface area contributed by atoms with Gasteiger partial charge in [0.2, 0.25) is 10.0 Å². The van der Waals surface area contributed by atoms with Gasteiger partial charge in [-0.2, -0.15) is 5.26 Å². The molecule has 0 radical (unpaired) electrons. The second-order valence-corrected chi connectivity index (χ2v) is 11.5. The molecule has 0 heterocycles. The summed E-state index contributed by atoms with van der Waals surface area (Å²) in [6.45, 7) is 0. The number of nitrogens with zero attached hydrogens (tertiary/aromatic N) is 1. The predicted octanol–water partition coefficient (Wildman–Crippen LogP) is 6.87. The second-order valence-electron chi connectivity index (χ2n) is 9.77. The third-order valence-electron chi connectivity index (χ3n) is 7.32. The maximum atomic E-state index is 13.9. The van der Waals surface area contributed by atoms with Gasteiger partial charge in [0.15, 0.2) is 0 Å². The van der Waals surface area contributed by atoms with Crippen LogP contribution >= 0.6 is 0 Å². The van der Waals surface area contributed by atoms with Crippen LogP contribution in [0.1, 0.15) is 28.2 Å². The van der Waals surface area contributed by atoms with Crippen molar-refractivity contribution in [3.8, 4) is 6.07 Å². The highest BCUT2D eigenvalue weighted by molar-refractivity contribution is 7.89. The van der Waals surface area contributed by atoms with E-state index in [1.807, 2.05) is 121 Å². The van der Waals surface area contributed by atoms with Crippen molar-refractivity contribution in [1.82, 2.24) is 4.72 Å². The zero-order chi connectivity index (χ0) is 27.8. The van der Waals surface area contributed by atoms with Crippen molar-refractivity contribution in [2.24, 2.45) is 0 Å². The van der Waals surface area contributed by atoms with Crippen LogP contribution in [-0.2, 0) is 21.9 Å². The molecule has 0 spiro atoms. The highest BCUT2D eigenvalue weighted by Gasteiger charge is 2.48. The normalized spacial score (nSPS) is 13.2. The Bertz CT molecular complexity index is 1610. The first-order valence-electron chi connectivity index (χ1n) is 13.2. The lowest BCUT2D eigenvalue weighted by atomic mass is 9.61. The molecule has 198 valence electrons. The topological polar surface area (TPSA) is 70.0 Å². The van der Waals surface area contributed by atoms with Gasteiger partial charge >= 0.3 is 0 Å². The van der Waals surface area contributed by atoms with Crippen LogP contribution in [0.15, 0.2) is 157 Å². The summed E-state index contributed by atoms with van der Waals surface area (Å²) in [6, 6.07) is 49.4. The average Bonchev–Trinajstić information content (AvgIpc) is 3.02. The maximum Gasteiger partial charge on any atom is 0.240 e. The Labute approximate surface area is 236 Å². The lowest BCUT2D eigenvalue weighted by Crippen LogP contribution is -2.49. The summed E-state index contributed by atoms with van der Waals surface area (Å²) < 4.78 is 30.8. The fourth-order valence-corrected chi connectivity index (χ4v) is 6.80. The van der Waals surface area contributed by atoms with Crippen LogP contribution in [0, 0.1) is 11.3 Å². The lowest BCUT2D eigenvalue weighted by molar-refractivity contribution is 0.393. The molecule has 0 aliphatic heterocycles. The van der Waals surface area contributed by atoms with Gasteiger partial charge < -0.3 is 0 Å². The van der Waals surface area contributed by atoms with Crippen molar-refractivity contribution in [2.75, 3.05) is 0 Å². The van der Waals surface area contributed by atoms with Gasteiger partial charge in [0.25, 0.3) is 0 Å². The zero-order valence-electron chi connectivity index (χ0n) is 22.0. The largest absolute Gasteiger partial charge is 0.240 e. The van der Waals surface area contributed by atoms with Gasteiger partial charge in [0, 0.05) is 12.0 Å². The molecule has 2 atom stereocenters. The molecule has 0 aliphatic carbocycles. The van der Waals surface area contributed by atoms with Gasteiger partial charge in [-0.1, -0.05) is 140 Å². The number of sulfonamides is 1. The van der Waals surface area contributed by atoms with E-state index in [2.05, 4.69) is 10.8 Å². The standard InChI is InChI=1S/C35H30N2O2S/c36-27-35(30-20-10-3-11-21-30,31-22-12-4-13-23-31)34(29-18-8-2-9-19-29)33(26-28-16-6-1-7-17-28)37-40(38,39)32-24-14-5-15-25-32/h1-25,33-34,37H,26H2/t33-,34+/m1/s1. The van der Waals surface area contributed by atoms with Crippen LogP contribution in [0.4, 0.5) is 0 Å². The van der Waals surface area contributed by atoms with Crippen LogP contribution in [-0.4, -0.2) is 14.5 Å². The number of nitrogens with one attached hydrogen (secondary N) is 1. The molecule has 0 unspecified atom stereocenters. The number of hydrogen-bond acceptors (Lipinski definition) is 3. The molecule has 0 aromatic heterocycles. The smallest absolute Gasteiger partial charge is 0.207 e. The van der Waals surface area contributed by atoms with Crippen LogP contribution in [0.2, 0.25) is 0 Å². The van der Waals surface area contributed by atoms with Crippen molar-refractivity contribution in [3.63, 3.8) is 0 Å². The van der Waals surface area contributed by atoms with Gasteiger partial charge in [-0.3, -0.25) is 0 Å². The SMILES string of the molecule is N#CC(c1ccccc1)(c1ccccc1)[C@@H](c1ccccc1)[C@@H](Cc1ccccc1)NS(=O)(=O)c1ccccc1. The number of rotatable bonds is 10. The van der Waals surface area contributed by atoms with E-state index < -0.39 is 27.4 Å². The molecule has 0 bridgehead atoms. The molecular weight excluding hydrogens is 512 g/mol. The van der Waals surface area contributed by atoms with Crippen LogP contribution < -0.4 is 4.72 Å². The van der Waals surface area contributed by atoms with Gasteiger partial charge in [-0.15, -0.1) is 0 Å². The van der Waals surface area contributed by atoms with E-state index in [1.165, 1.54) is 0 Å². The molecule has 5 aromatic carbocycles. The summed E-state index contributed by atoms with van der Waals surface area (Å²) in [7, 11) is -3.92. The molecule has 5 rings (SSSR count). The minimum absolute atomic E-state index is 0.182. The molecule has 0 saturated carbocycles. The summed E-state index contributed by atoms with van der Waals surface area (Å²) in [5.74, 6) is -0.581. The van der Waals surface area contributed by atoms with Crippen molar-refractivity contribution >= 4 is 10.0 Å². The zero-order valence-corrected chi connectivity index (χ0v) is 22.8. The Morgan fingerprint density at radius 3 is 1.52 bits per heavy atom. The summed E-state index contributed by atoms with van der Waals surface area (Å²) in [5, 5.41) is 11.2. The fourth-order valence-electron chi connectivity index (χ4n) is 5.53. The quantitative estimate of drug-likeness (QED) is 0.209. The predicted molar refractivity (Wildman–Crippen MR) is 159 cm³/mol. The third-order valence-corrected chi connectivity index (χ3v) is 8.83. The Balaban J connectivity index is 1.78. The van der Waals surface area contributed by atoms with Gasteiger partial charge in [0.05, 0.1) is 11.0 Å². The Morgan fingerprint density at radius 2 is 1.05 bits per heavy atom. The van der Waals surface area contributed by atoms with E-state index in [-0.39, 0.29) is 4.90 Å². The van der Waals surface area contributed by atoms with Gasteiger partial charge in [-0.25, -0.2) is 13.1 Å². The molecule has 1 N–H and O–H groups in total. The summed E-state index contributed by atoms with van der Waals surface area (Å²) in [5.41, 5.74) is 2.23. The van der Waals surface area contributed by atoms with E-state index in [4.69, 9.17) is 0 Å². The highest BCUT2D eigenvalue weighted by atomic mass is 32.2. The van der Waals surface area contributed by atoms with Crippen LogP contribution in [0.25, 0.3) is 0 Å². The number of benzene rings is 5. The molecule has 0 amide bonds. The van der Waals surface area contributed by atoms with Crippen LogP contribution in [0.3, 0.4) is 0 Å². The first-order valence-corrected chi connectivity index (χ1v) is 14.7. The molecule has 5 aromatic rings. The minimum atomic E-state index is -3.92. The molecule has 4 nitrogen and oxygen atoms in total. The minimum Gasteiger partial charge on any atom is -0.207 e. The number of hydrogen-bond donors (Lipinski definition) is 1. The first kappa shape index (κ1) is 27.1. The van der Waals surface area contributed by atoms with Gasteiger partial charge in [-0.05, 0) is 40.8 Å². The summed E-state index contributed by atoms with van der Waals surface area (Å²) in [6.07, 6.45) is 0.384. The highest BCUT2D eigenvalue weighted by Crippen LogP contribution is 2.47. The first-order chi connectivity index (χ1) is 19.5. The molecule has 0 fully saturated rings. The van der Waals surface area contributed by atoms with Crippen molar-refractivity contribution < 1.29 is 8.42 Å². The van der Waals surface area contributed by atoms with Crippen molar-refractivity contribution in [1.29, 1.82) is 5.26 Å². The molecule has 0 saturated heterocycles. The summed E-state index contributed by atoms with van der Waals surface area (Å²) in [4.78, 5) is 0.182. The average molecular weight is 543 g/mol. The van der Waals surface area contributed by atoms with Crippen LogP contribution in [0.5, 0.6) is 0 Å². The van der Waals surface area contributed by atoms with Crippen molar-refractivity contribution in [2.45, 2.75) is 28.7 Å². The monoisotopic (exact) mass is 542 g/mol. The summed E-state index contributed by atoms with van der Waals surface area (Å²) >= 11 is 0. The van der Waals surface area contributed by atoms with E-state index in [9.17, 15) is 13.7 Å². The van der Waals surface area contributed by atoms with E-state index in [0.717, 1.165) is 22.3 Å². The Hall–Kier alpha value is -4.50. The molecular formula is C35H30N2O2S. The fraction of sp³-hybridized carbons (Fsp3) is 0.114. The number of nitriles is 1. The Morgan fingerprint density at radius 1 is 0.625 bits per heavy atom. The van der Waals surface area contributed by atoms with E-state index >= 15 is 0 Å². The third kappa shape index (κ3) is 5.60. The molecule has 5 heteroatoms. The molecule has 0 aliphatic rings. The maximum absolute atomic E-state index is 13.9. The van der Waals surface area contributed by atoms with E-state index in [1.54, 1.807) is 30.3 Å².